The van der Waals surface area contributed by atoms with Gasteiger partial charge in [0.1, 0.15) is 17.7 Å². The molecule has 0 aliphatic rings. The van der Waals surface area contributed by atoms with E-state index in [1.807, 2.05) is 26.0 Å². The Hall–Kier alpha value is -2.53. The van der Waals surface area contributed by atoms with Gasteiger partial charge in [0.25, 0.3) is 0 Å². The number of aryl methyl sites for hydroxylation is 1. The second-order valence-corrected chi connectivity index (χ2v) is 4.38. The highest BCUT2D eigenvalue weighted by Gasteiger charge is 2.13. The van der Waals surface area contributed by atoms with Crippen molar-refractivity contribution in [2.45, 2.75) is 33.7 Å². The summed E-state index contributed by atoms with van der Waals surface area (Å²) in [6, 6.07) is 5.44. The first-order valence-corrected chi connectivity index (χ1v) is 6.37. The van der Waals surface area contributed by atoms with Gasteiger partial charge in [-0.15, -0.1) is 0 Å². The summed E-state index contributed by atoms with van der Waals surface area (Å²) in [7, 11) is 0. The molecule has 0 saturated carbocycles. The molecule has 1 aromatic heterocycles. The van der Waals surface area contributed by atoms with E-state index in [1.54, 1.807) is 6.07 Å². The molecule has 0 saturated heterocycles. The Balaban J connectivity index is 3.09. The molecule has 104 valence electrons. The summed E-state index contributed by atoms with van der Waals surface area (Å²) < 4.78 is 6.78. The summed E-state index contributed by atoms with van der Waals surface area (Å²) in [6.07, 6.45) is 2.52. The molecule has 5 nitrogen and oxygen atoms in total. The van der Waals surface area contributed by atoms with E-state index >= 15 is 0 Å². The van der Waals surface area contributed by atoms with Crippen molar-refractivity contribution in [3.63, 3.8) is 0 Å². The van der Waals surface area contributed by atoms with Gasteiger partial charge in [-0.3, -0.25) is 0 Å². The summed E-state index contributed by atoms with van der Waals surface area (Å²) in [5.41, 5.74) is 2.81. The maximum absolute atomic E-state index is 11.6. The number of ether oxygens (including phenoxy) is 1. The van der Waals surface area contributed by atoms with E-state index in [2.05, 4.69) is 16.2 Å². The molecule has 5 heteroatoms. The smallest absolute Gasteiger partial charge is 0.349 e. The quantitative estimate of drug-likeness (QED) is 0.468. The first-order chi connectivity index (χ1) is 9.54. The van der Waals surface area contributed by atoms with Gasteiger partial charge in [0.15, 0.2) is 6.61 Å². The average molecular weight is 271 g/mol. The lowest BCUT2D eigenvalue weighted by Gasteiger charge is -2.07. The predicted octanol–water partition coefficient (Wildman–Crippen LogP) is 2.49. The van der Waals surface area contributed by atoms with Crippen molar-refractivity contribution in [2.24, 2.45) is 0 Å². The highest BCUT2D eigenvalue weighted by atomic mass is 16.5. The van der Waals surface area contributed by atoms with E-state index in [0.717, 1.165) is 29.9 Å². The molecular weight excluding hydrogens is 254 g/mol. The lowest BCUT2D eigenvalue weighted by atomic mass is 10.1. The molecule has 1 heterocycles. The molecule has 0 fully saturated rings. The third-order valence-corrected chi connectivity index (χ3v) is 2.97. The Morgan fingerprint density at radius 2 is 2.15 bits per heavy atom. The number of hydrogen-bond acceptors (Lipinski definition) is 4. The molecule has 0 N–H and O–H groups in total. The molecule has 0 radical (unpaired) electrons. The van der Waals surface area contributed by atoms with Crippen LogP contribution in [0.1, 0.15) is 30.3 Å². The average Bonchev–Trinajstić information content (AvgIpc) is 2.70. The highest BCUT2D eigenvalue weighted by Crippen LogP contribution is 2.19. The van der Waals surface area contributed by atoms with Crippen molar-refractivity contribution in [3.8, 4) is 12.1 Å². The minimum absolute atomic E-state index is 0.100. The molecule has 1 rings (SSSR count). The van der Waals surface area contributed by atoms with E-state index in [-0.39, 0.29) is 12.2 Å². The summed E-state index contributed by atoms with van der Waals surface area (Å²) in [5, 5.41) is 17.4. The van der Waals surface area contributed by atoms with Crippen LogP contribution in [0.25, 0.3) is 6.08 Å². The summed E-state index contributed by atoms with van der Waals surface area (Å²) in [6.45, 7) is 6.57. The van der Waals surface area contributed by atoms with Crippen molar-refractivity contribution in [1.82, 2.24) is 4.57 Å². The van der Waals surface area contributed by atoms with Crippen LogP contribution in [0.4, 0.5) is 0 Å². The standard InChI is InChI=1S/C15H17N3O2/c1-4-6-18-11(2)8-13(12(18)3)9-14(10-17)15(19)20-7-5-16/h8-9H,4,6-7H2,1-3H3. The number of aromatic nitrogens is 1. The maximum atomic E-state index is 11.6. The SMILES string of the molecule is CCCn1c(C)cc(C=C(C#N)C(=O)OCC#N)c1C. The van der Waals surface area contributed by atoms with Gasteiger partial charge in [-0.2, -0.15) is 10.5 Å². The van der Waals surface area contributed by atoms with Gasteiger partial charge in [0.05, 0.1) is 0 Å². The first-order valence-electron chi connectivity index (χ1n) is 6.37. The van der Waals surface area contributed by atoms with Gasteiger partial charge in [-0.1, -0.05) is 6.92 Å². The largest absolute Gasteiger partial charge is 0.446 e. The molecule has 0 aliphatic carbocycles. The zero-order valence-corrected chi connectivity index (χ0v) is 11.9. The fourth-order valence-corrected chi connectivity index (χ4v) is 2.01. The second kappa shape index (κ2) is 7.16. The Morgan fingerprint density at radius 3 is 2.70 bits per heavy atom. The van der Waals surface area contributed by atoms with E-state index < -0.39 is 5.97 Å². The fourth-order valence-electron chi connectivity index (χ4n) is 2.01. The molecule has 0 bridgehead atoms. The van der Waals surface area contributed by atoms with Crippen LogP contribution in [0.2, 0.25) is 0 Å². The molecule has 0 unspecified atom stereocenters. The third kappa shape index (κ3) is 3.49. The van der Waals surface area contributed by atoms with Crippen LogP contribution in [-0.4, -0.2) is 17.1 Å². The van der Waals surface area contributed by atoms with Crippen molar-refractivity contribution in [3.05, 3.63) is 28.6 Å². The number of hydrogen-bond donors (Lipinski definition) is 0. The van der Waals surface area contributed by atoms with Gasteiger partial charge < -0.3 is 9.30 Å². The molecular formula is C15H17N3O2. The van der Waals surface area contributed by atoms with Gasteiger partial charge in [-0.05, 0) is 38.0 Å². The van der Waals surface area contributed by atoms with Crippen molar-refractivity contribution < 1.29 is 9.53 Å². The van der Waals surface area contributed by atoms with Crippen LogP contribution in [0.3, 0.4) is 0 Å². The number of nitrogens with zero attached hydrogens (tertiary/aromatic N) is 3. The van der Waals surface area contributed by atoms with Crippen LogP contribution in [0.15, 0.2) is 11.6 Å². The number of rotatable bonds is 5. The molecule has 0 amide bonds. The molecule has 0 spiro atoms. The summed E-state index contributed by atoms with van der Waals surface area (Å²) in [5.74, 6) is -0.769. The summed E-state index contributed by atoms with van der Waals surface area (Å²) >= 11 is 0. The normalized spacial score (nSPS) is 10.8. The second-order valence-electron chi connectivity index (χ2n) is 4.38. The lowest BCUT2D eigenvalue weighted by Crippen LogP contribution is -2.07. The van der Waals surface area contributed by atoms with Crippen LogP contribution < -0.4 is 0 Å². The van der Waals surface area contributed by atoms with Crippen LogP contribution in [0.5, 0.6) is 0 Å². The van der Waals surface area contributed by atoms with Crippen molar-refractivity contribution >= 4 is 12.0 Å². The van der Waals surface area contributed by atoms with Gasteiger partial charge in [0.2, 0.25) is 0 Å². The zero-order chi connectivity index (χ0) is 15.1. The van der Waals surface area contributed by atoms with Gasteiger partial charge in [-0.25, -0.2) is 4.79 Å². The van der Waals surface area contributed by atoms with Crippen molar-refractivity contribution in [2.75, 3.05) is 6.61 Å². The Kier molecular flexibility index (Phi) is 5.56. The Bertz CT molecular complexity index is 612. The van der Waals surface area contributed by atoms with Crippen LogP contribution in [-0.2, 0) is 16.1 Å². The number of carbonyl (C=O) groups excluding carboxylic acids is 1. The third-order valence-electron chi connectivity index (χ3n) is 2.97. The zero-order valence-electron chi connectivity index (χ0n) is 11.9. The molecule has 0 aliphatic heterocycles. The molecule has 20 heavy (non-hydrogen) atoms. The molecule has 0 aromatic carbocycles. The topological polar surface area (TPSA) is 78.8 Å². The first kappa shape index (κ1) is 15.5. The Morgan fingerprint density at radius 1 is 1.45 bits per heavy atom. The number of nitriles is 2. The van der Waals surface area contributed by atoms with E-state index in [0.29, 0.717) is 0 Å². The number of esters is 1. The van der Waals surface area contributed by atoms with Crippen molar-refractivity contribution in [1.29, 1.82) is 10.5 Å². The van der Waals surface area contributed by atoms with Gasteiger partial charge in [0, 0.05) is 17.9 Å². The van der Waals surface area contributed by atoms with Gasteiger partial charge >= 0.3 is 5.97 Å². The molecule has 1 aromatic rings. The minimum atomic E-state index is -0.769. The monoisotopic (exact) mass is 271 g/mol. The van der Waals surface area contributed by atoms with E-state index in [9.17, 15) is 4.79 Å². The highest BCUT2D eigenvalue weighted by molar-refractivity contribution is 5.98. The van der Waals surface area contributed by atoms with Crippen LogP contribution >= 0.6 is 0 Å². The predicted molar refractivity (Wildman–Crippen MR) is 74.4 cm³/mol. The van der Waals surface area contributed by atoms with E-state index in [4.69, 9.17) is 10.5 Å². The van der Waals surface area contributed by atoms with Crippen LogP contribution in [0, 0.1) is 36.5 Å². The minimum Gasteiger partial charge on any atom is -0.446 e. The Labute approximate surface area is 118 Å². The fraction of sp³-hybridized carbons (Fsp3) is 0.400. The molecule has 0 atom stereocenters. The maximum Gasteiger partial charge on any atom is 0.349 e. The lowest BCUT2D eigenvalue weighted by molar-refractivity contribution is -0.137. The van der Waals surface area contributed by atoms with E-state index in [1.165, 1.54) is 6.08 Å². The summed E-state index contributed by atoms with van der Waals surface area (Å²) in [4.78, 5) is 11.6. The number of carbonyl (C=O) groups is 1.